The minimum absolute atomic E-state index is 0.808. The summed E-state index contributed by atoms with van der Waals surface area (Å²) < 4.78 is 0. The van der Waals surface area contributed by atoms with Crippen molar-refractivity contribution in [2.24, 2.45) is 17.8 Å². The van der Waals surface area contributed by atoms with E-state index in [1.54, 1.807) is 5.56 Å². The van der Waals surface area contributed by atoms with Gasteiger partial charge in [0.05, 0.1) is 7.85 Å². The van der Waals surface area contributed by atoms with Crippen LogP contribution in [0.25, 0.3) is 0 Å². The van der Waals surface area contributed by atoms with Crippen molar-refractivity contribution in [1.29, 1.82) is 0 Å². The maximum Gasteiger partial charge on any atom is 0.148 e. The first-order valence-corrected chi connectivity index (χ1v) is 9.39. The summed E-state index contributed by atoms with van der Waals surface area (Å²) in [5.41, 5.74) is 2.91. The van der Waals surface area contributed by atoms with Gasteiger partial charge in [-0.3, -0.25) is 0 Å². The van der Waals surface area contributed by atoms with E-state index in [1.165, 1.54) is 56.8 Å². The molecular formula is C20H29B2. The normalized spacial score (nSPS) is 32.6. The van der Waals surface area contributed by atoms with E-state index in [0.29, 0.717) is 0 Å². The summed E-state index contributed by atoms with van der Waals surface area (Å²) in [5.74, 6) is 3.63. The Kier molecular flexibility index (Phi) is 5.71. The number of rotatable bonds is 4. The Bertz CT molecular complexity index is 437. The maximum absolute atomic E-state index is 5.83. The lowest BCUT2D eigenvalue weighted by atomic mass is 9.67. The molecule has 3 radical (unpaired) electrons. The summed E-state index contributed by atoms with van der Waals surface area (Å²) >= 11 is 0. The SMILES string of the molecule is [B]CC1CCC(C2CCC(c3ccc([B]C)cc3)CC2)CC1. The highest BCUT2D eigenvalue weighted by Gasteiger charge is 2.30. The highest BCUT2D eigenvalue weighted by molar-refractivity contribution is 6.51. The maximum atomic E-state index is 5.83. The van der Waals surface area contributed by atoms with Crippen LogP contribution < -0.4 is 5.46 Å². The van der Waals surface area contributed by atoms with Gasteiger partial charge >= 0.3 is 0 Å². The van der Waals surface area contributed by atoms with E-state index in [2.05, 4.69) is 38.4 Å². The van der Waals surface area contributed by atoms with Crippen molar-refractivity contribution < 1.29 is 0 Å². The molecule has 2 aliphatic rings. The van der Waals surface area contributed by atoms with E-state index in [0.717, 1.165) is 30.0 Å². The number of benzene rings is 1. The van der Waals surface area contributed by atoms with E-state index in [-0.39, 0.29) is 0 Å². The van der Waals surface area contributed by atoms with Crippen LogP contribution in [0.4, 0.5) is 0 Å². The molecule has 2 heteroatoms. The van der Waals surface area contributed by atoms with Gasteiger partial charge in [-0.1, -0.05) is 55.7 Å². The summed E-state index contributed by atoms with van der Waals surface area (Å²) in [5, 5.41) is 0. The molecule has 0 atom stereocenters. The Labute approximate surface area is 139 Å². The first-order valence-electron chi connectivity index (χ1n) is 9.39. The molecule has 2 saturated carbocycles. The van der Waals surface area contributed by atoms with Crippen molar-refractivity contribution >= 4 is 20.6 Å². The molecule has 0 bridgehead atoms. The fourth-order valence-corrected chi connectivity index (χ4v) is 4.78. The van der Waals surface area contributed by atoms with Gasteiger partial charge in [0.2, 0.25) is 0 Å². The van der Waals surface area contributed by atoms with Crippen molar-refractivity contribution in [2.45, 2.75) is 70.4 Å². The molecule has 22 heavy (non-hydrogen) atoms. The van der Waals surface area contributed by atoms with Crippen molar-refractivity contribution in [3.05, 3.63) is 29.8 Å². The molecule has 115 valence electrons. The molecule has 0 spiro atoms. The number of hydrogen-bond acceptors (Lipinski definition) is 0. The van der Waals surface area contributed by atoms with Gasteiger partial charge in [-0.2, -0.15) is 0 Å². The van der Waals surface area contributed by atoms with Gasteiger partial charge in [0.25, 0.3) is 0 Å². The smallest absolute Gasteiger partial charge is 0.0881 e. The lowest BCUT2D eigenvalue weighted by Crippen LogP contribution is -2.25. The largest absolute Gasteiger partial charge is 0.148 e. The minimum atomic E-state index is 0.808. The lowest BCUT2D eigenvalue weighted by Gasteiger charge is -2.38. The summed E-state index contributed by atoms with van der Waals surface area (Å²) in [6, 6.07) is 9.25. The average Bonchev–Trinajstić information content (AvgIpc) is 2.62. The third kappa shape index (κ3) is 3.81. The van der Waals surface area contributed by atoms with Gasteiger partial charge in [0.1, 0.15) is 7.28 Å². The van der Waals surface area contributed by atoms with Gasteiger partial charge in [-0.25, -0.2) is 0 Å². The van der Waals surface area contributed by atoms with Crippen molar-refractivity contribution in [2.75, 3.05) is 0 Å². The van der Waals surface area contributed by atoms with Crippen LogP contribution in [0, 0.1) is 17.8 Å². The van der Waals surface area contributed by atoms with Crippen LogP contribution in [0.1, 0.15) is 62.8 Å². The molecule has 0 aliphatic heterocycles. The van der Waals surface area contributed by atoms with E-state index in [4.69, 9.17) is 7.85 Å². The van der Waals surface area contributed by atoms with Crippen LogP contribution in [0.5, 0.6) is 0 Å². The van der Waals surface area contributed by atoms with Gasteiger partial charge in [-0.15, -0.1) is 0 Å². The fourth-order valence-electron chi connectivity index (χ4n) is 4.78. The predicted octanol–water partition coefficient (Wildman–Crippen LogP) is 4.73. The quantitative estimate of drug-likeness (QED) is 0.703. The monoisotopic (exact) mass is 291 g/mol. The molecular weight excluding hydrogens is 262 g/mol. The van der Waals surface area contributed by atoms with Gasteiger partial charge in [0.15, 0.2) is 0 Å². The summed E-state index contributed by atoms with van der Waals surface area (Å²) in [6.45, 7) is 2.11. The molecule has 0 amide bonds. The molecule has 0 N–H and O–H groups in total. The Morgan fingerprint density at radius 1 is 0.864 bits per heavy atom. The standard InChI is InChI=1S/C20H29B2/c1-22-20-12-10-19(11-13-20)18-8-6-17(7-9-18)16-4-2-15(14-21)3-5-16/h10-13,15-18H,2-9,14H2,1H3. The van der Waals surface area contributed by atoms with E-state index in [1.807, 2.05) is 0 Å². The average molecular weight is 291 g/mol. The van der Waals surface area contributed by atoms with Gasteiger partial charge in [-0.05, 0) is 67.8 Å². The second-order valence-corrected chi connectivity index (χ2v) is 7.58. The Morgan fingerprint density at radius 3 is 1.91 bits per heavy atom. The zero-order valence-electron chi connectivity index (χ0n) is 14.1. The third-order valence-corrected chi connectivity index (χ3v) is 6.40. The van der Waals surface area contributed by atoms with Crippen LogP contribution in [0.2, 0.25) is 13.1 Å². The minimum Gasteiger partial charge on any atom is -0.0881 e. The molecule has 1 aromatic carbocycles. The van der Waals surface area contributed by atoms with E-state index >= 15 is 0 Å². The topological polar surface area (TPSA) is 0 Å². The molecule has 0 unspecified atom stereocenters. The van der Waals surface area contributed by atoms with Crippen LogP contribution in [-0.4, -0.2) is 15.1 Å². The summed E-state index contributed by atoms with van der Waals surface area (Å²) in [4.78, 5) is 0. The van der Waals surface area contributed by atoms with E-state index < -0.39 is 0 Å². The van der Waals surface area contributed by atoms with Crippen molar-refractivity contribution in [3.8, 4) is 0 Å². The van der Waals surface area contributed by atoms with Crippen molar-refractivity contribution in [3.63, 3.8) is 0 Å². The molecule has 1 aromatic rings. The zero-order valence-corrected chi connectivity index (χ0v) is 14.1. The van der Waals surface area contributed by atoms with Crippen LogP contribution in [0.3, 0.4) is 0 Å². The number of hydrogen-bond donors (Lipinski definition) is 0. The molecule has 2 aliphatic carbocycles. The fraction of sp³-hybridized carbons (Fsp3) is 0.700. The molecule has 0 heterocycles. The van der Waals surface area contributed by atoms with E-state index in [9.17, 15) is 0 Å². The van der Waals surface area contributed by atoms with Crippen LogP contribution in [-0.2, 0) is 0 Å². The summed E-state index contributed by atoms with van der Waals surface area (Å²) in [7, 11) is 8.01. The Balaban J connectivity index is 1.49. The lowest BCUT2D eigenvalue weighted by molar-refractivity contribution is 0.165. The zero-order chi connectivity index (χ0) is 15.4. The van der Waals surface area contributed by atoms with Crippen molar-refractivity contribution in [1.82, 2.24) is 0 Å². The third-order valence-electron chi connectivity index (χ3n) is 6.40. The highest BCUT2D eigenvalue weighted by atomic mass is 14.4. The first kappa shape index (κ1) is 16.2. The Hall–Kier alpha value is -0.650. The Morgan fingerprint density at radius 2 is 1.41 bits per heavy atom. The summed E-state index contributed by atoms with van der Waals surface area (Å²) in [6.07, 6.45) is 12.3. The molecule has 0 nitrogen and oxygen atoms in total. The molecule has 0 aromatic heterocycles. The predicted molar refractivity (Wildman–Crippen MR) is 98.4 cm³/mol. The van der Waals surface area contributed by atoms with Gasteiger partial charge in [0, 0.05) is 0 Å². The van der Waals surface area contributed by atoms with Crippen LogP contribution >= 0.6 is 0 Å². The molecule has 3 rings (SSSR count). The van der Waals surface area contributed by atoms with Crippen LogP contribution in [0.15, 0.2) is 24.3 Å². The van der Waals surface area contributed by atoms with Gasteiger partial charge < -0.3 is 0 Å². The first-order chi connectivity index (χ1) is 10.8. The second-order valence-electron chi connectivity index (χ2n) is 7.58. The second kappa shape index (κ2) is 7.75. The molecule has 2 fully saturated rings. The highest BCUT2D eigenvalue weighted by Crippen LogP contribution is 2.44. The molecule has 0 saturated heterocycles.